The fourth-order valence-electron chi connectivity index (χ4n) is 1.59. The van der Waals surface area contributed by atoms with E-state index in [9.17, 15) is 4.79 Å². The summed E-state index contributed by atoms with van der Waals surface area (Å²) in [6.45, 7) is 2.00. The SMILES string of the molecule is CC1CC(=O)NN1c1cccc(Cl)c1. The highest BCUT2D eigenvalue weighted by atomic mass is 35.5. The molecule has 3 nitrogen and oxygen atoms in total. The van der Waals surface area contributed by atoms with E-state index in [4.69, 9.17) is 11.6 Å². The quantitative estimate of drug-likeness (QED) is 0.769. The monoisotopic (exact) mass is 210 g/mol. The normalized spacial score (nSPS) is 21.1. The molecule has 0 radical (unpaired) electrons. The van der Waals surface area contributed by atoms with Crippen molar-refractivity contribution in [2.24, 2.45) is 0 Å². The number of benzene rings is 1. The van der Waals surface area contributed by atoms with Crippen LogP contribution in [0.25, 0.3) is 0 Å². The minimum absolute atomic E-state index is 0.0532. The van der Waals surface area contributed by atoms with Crippen molar-refractivity contribution in [1.82, 2.24) is 5.43 Å². The molecule has 1 aromatic carbocycles. The van der Waals surface area contributed by atoms with Gasteiger partial charge in [-0.15, -0.1) is 0 Å². The van der Waals surface area contributed by atoms with E-state index >= 15 is 0 Å². The summed E-state index contributed by atoms with van der Waals surface area (Å²) in [6.07, 6.45) is 0.534. The molecule has 74 valence electrons. The van der Waals surface area contributed by atoms with Crippen LogP contribution in [0.3, 0.4) is 0 Å². The maximum absolute atomic E-state index is 11.1. The Morgan fingerprint density at radius 2 is 2.36 bits per heavy atom. The van der Waals surface area contributed by atoms with Gasteiger partial charge in [-0.25, -0.2) is 0 Å². The Morgan fingerprint density at radius 3 is 2.93 bits per heavy atom. The molecule has 1 aliphatic heterocycles. The first-order valence-corrected chi connectivity index (χ1v) is 4.89. The average molecular weight is 211 g/mol. The molecule has 1 aliphatic rings. The minimum atomic E-state index is 0.0532. The Kier molecular flexibility index (Phi) is 2.33. The van der Waals surface area contributed by atoms with E-state index < -0.39 is 0 Å². The van der Waals surface area contributed by atoms with Crippen molar-refractivity contribution in [3.8, 4) is 0 Å². The summed E-state index contributed by atoms with van der Waals surface area (Å²) in [5.74, 6) is 0.0532. The van der Waals surface area contributed by atoms with Crippen molar-refractivity contribution in [1.29, 1.82) is 0 Å². The molecule has 1 saturated heterocycles. The molecule has 1 fully saturated rings. The topological polar surface area (TPSA) is 32.3 Å². The van der Waals surface area contributed by atoms with Crippen molar-refractivity contribution in [3.05, 3.63) is 29.3 Å². The number of hydrazine groups is 1. The number of halogens is 1. The van der Waals surface area contributed by atoms with Gasteiger partial charge in [-0.1, -0.05) is 17.7 Å². The van der Waals surface area contributed by atoms with Crippen molar-refractivity contribution < 1.29 is 4.79 Å². The number of anilines is 1. The number of carbonyl (C=O) groups is 1. The molecule has 14 heavy (non-hydrogen) atoms. The molecule has 4 heteroatoms. The van der Waals surface area contributed by atoms with Gasteiger partial charge in [-0.3, -0.25) is 15.2 Å². The summed E-state index contributed by atoms with van der Waals surface area (Å²) in [7, 11) is 0. The molecular formula is C10H11ClN2O. The second-order valence-electron chi connectivity index (χ2n) is 3.44. The van der Waals surface area contributed by atoms with Crippen molar-refractivity contribution in [3.63, 3.8) is 0 Å². The molecule has 1 unspecified atom stereocenters. The average Bonchev–Trinajstić information content (AvgIpc) is 2.45. The number of carbonyl (C=O) groups excluding carboxylic acids is 1. The molecule has 1 N–H and O–H groups in total. The highest BCUT2D eigenvalue weighted by Crippen LogP contribution is 2.23. The standard InChI is InChI=1S/C10H11ClN2O/c1-7-5-10(14)12-13(7)9-4-2-3-8(11)6-9/h2-4,6-7H,5H2,1H3,(H,12,14). The third-order valence-corrected chi connectivity index (χ3v) is 2.49. The van der Waals surface area contributed by atoms with Gasteiger partial charge in [0.15, 0.2) is 0 Å². The maximum Gasteiger partial charge on any atom is 0.240 e. The van der Waals surface area contributed by atoms with Gasteiger partial charge in [-0.05, 0) is 25.1 Å². The van der Waals surface area contributed by atoms with Crippen LogP contribution < -0.4 is 10.4 Å². The van der Waals surface area contributed by atoms with Crippen LogP contribution >= 0.6 is 11.6 Å². The summed E-state index contributed by atoms with van der Waals surface area (Å²) in [4.78, 5) is 11.1. The molecule has 0 aromatic heterocycles. The zero-order valence-electron chi connectivity index (χ0n) is 7.83. The van der Waals surface area contributed by atoms with Crippen LogP contribution in [0.5, 0.6) is 0 Å². The van der Waals surface area contributed by atoms with Crippen LogP contribution in [-0.2, 0) is 4.79 Å². The molecule has 0 aliphatic carbocycles. The molecule has 0 saturated carbocycles. The van der Waals surface area contributed by atoms with Crippen LogP contribution in [0, 0.1) is 0 Å². The zero-order valence-corrected chi connectivity index (χ0v) is 8.58. The lowest BCUT2D eigenvalue weighted by Gasteiger charge is -2.22. The molecule has 2 rings (SSSR count). The Labute approximate surface area is 87.6 Å². The molecule has 0 bridgehead atoms. The number of rotatable bonds is 1. The first kappa shape index (κ1) is 9.34. The highest BCUT2D eigenvalue weighted by Gasteiger charge is 2.26. The van der Waals surface area contributed by atoms with Gasteiger partial charge in [0.1, 0.15) is 0 Å². The van der Waals surface area contributed by atoms with E-state index in [1.165, 1.54) is 0 Å². The van der Waals surface area contributed by atoms with E-state index in [1.807, 2.05) is 36.2 Å². The molecule has 1 atom stereocenters. The Balaban J connectivity index is 2.27. The number of nitrogens with one attached hydrogen (secondary N) is 1. The van der Waals surface area contributed by atoms with E-state index in [-0.39, 0.29) is 11.9 Å². The zero-order chi connectivity index (χ0) is 10.1. The lowest BCUT2D eigenvalue weighted by Crippen LogP contribution is -2.36. The second kappa shape index (κ2) is 3.50. The van der Waals surface area contributed by atoms with Crippen LogP contribution in [0.4, 0.5) is 5.69 Å². The summed E-state index contributed by atoms with van der Waals surface area (Å²) < 4.78 is 0. The molecule has 0 spiro atoms. The number of hydrogen-bond acceptors (Lipinski definition) is 2. The largest absolute Gasteiger partial charge is 0.282 e. The number of amides is 1. The molecule has 1 amide bonds. The van der Waals surface area contributed by atoms with Gasteiger partial charge in [0, 0.05) is 5.02 Å². The number of hydrogen-bond donors (Lipinski definition) is 1. The van der Waals surface area contributed by atoms with Gasteiger partial charge in [0.05, 0.1) is 18.2 Å². The smallest absolute Gasteiger partial charge is 0.240 e. The van der Waals surface area contributed by atoms with Crippen LogP contribution in [0.15, 0.2) is 24.3 Å². The first-order valence-electron chi connectivity index (χ1n) is 4.51. The van der Waals surface area contributed by atoms with Gasteiger partial charge >= 0.3 is 0 Å². The predicted molar refractivity (Wildman–Crippen MR) is 56.2 cm³/mol. The van der Waals surface area contributed by atoms with Crippen molar-refractivity contribution in [2.45, 2.75) is 19.4 Å². The van der Waals surface area contributed by atoms with Crippen molar-refractivity contribution >= 4 is 23.2 Å². The number of nitrogens with zero attached hydrogens (tertiary/aromatic N) is 1. The van der Waals surface area contributed by atoms with E-state index in [1.54, 1.807) is 0 Å². The highest BCUT2D eigenvalue weighted by molar-refractivity contribution is 6.30. The summed E-state index contributed by atoms with van der Waals surface area (Å²) in [6, 6.07) is 7.63. The van der Waals surface area contributed by atoms with Crippen molar-refractivity contribution in [2.75, 3.05) is 5.01 Å². The third kappa shape index (κ3) is 1.68. The molecule has 1 heterocycles. The van der Waals surface area contributed by atoms with Crippen LogP contribution in [0.1, 0.15) is 13.3 Å². The lowest BCUT2D eigenvalue weighted by atomic mass is 10.2. The van der Waals surface area contributed by atoms with E-state index in [0.717, 1.165) is 5.69 Å². The van der Waals surface area contributed by atoms with Crippen LogP contribution in [-0.4, -0.2) is 11.9 Å². The molecule has 1 aromatic rings. The Bertz CT molecular complexity index is 367. The lowest BCUT2D eigenvalue weighted by molar-refractivity contribution is -0.119. The predicted octanol–water partition coefficient (Wildman–Crippen LogP) is 1.97. The van der Waals surface area contributed by atoms with E-state index in [2.05, 4.69) is 5.43 Å². The van der Waals surface area contributed by atoms with Gasteiger partial charge in [0.2, 0.25) is 5.91 Å². The second-order valence-corrected chi connectivity index (χ2v) is 3.87. The summed E-state index contributed by atoms with van der Waals surface area (Å²) >= 11 is 5.87. The fourth-order valence-corrected chi connectivity index (χ4v) is 1.78. The molecular weight excluding hydrogens is 200 g/mol. The Hall–Kier alpha value is -1.22. The summed E-state index contributed by atoms with van der Waals surface area (Å²) in [5, 5.41) is 2.52. The third-order valence-electron chi connectivity index (χ3n) is 2.25. The first-order chi connectivity index (χ1) is 6.66. The van der Waals surface area contributed by atoms with Gasteiger partial charge in [0.25, 0.3) is 0 Å². The maximum atomic E-state index is 11.1. The minimum Gasteiger partial charge on any atom is -0.282 e. The fraction of sp³-hybridized carbons (Fsp3) is 0.300. The van der Waals surface area contributed by atoms with Crippen LogP contribution in [0.2, 0.25) is 5.02 Å². The summed E-state index contributed by atoms with van der Waals surface area (Å²) in [5.41, 5.74) is 3.71. The Morgan fingerprint density at radius 1 is 1.57 bits per heavy atom. The van der Waals surface area contributed by atoms with Gasteiger partial charge < -0.3 is 0 Å². The van der Waals surface area contributed by atoms with Gasteiger partial charge in [-0.2, -0.15) is 0 Å². The van der Waals surface area contributed by atoms with E-state index in [0.29, 0.717) is 11.4 Å².